The quantitative estimate of drug-likeness (QED) is 0.193. The molecule has 0 saturated heterocycles. The molecule has 2 amide bonds. The SMILES string of the molecule is O=C(Oc1ccccc1)N(CCCCCCN(C(=O)Oc1ccccc1)c1ccccc1)c1ccccc1. The maximum absolute atomic E-state index is 12.9. The van der Waals surface area contributed by atoms with Crippen LogP contribution in [-0.2, 0) is 0 Å². The highest BCUT2D eigenvalue weighted by Gasteiger charge is 2.19. The molecule has 0 N–H and O–H groups in total. The molecule has 0 saturated carbocycles. The highest BCUT2D eigenvalue weighted by atomic mass is 16.6. The van der Waals surface area contributed by atoms with Gasteiger partial charge in [-0.25, -0.2) is 9.59 Å². The van der Waals surface area contributed by atoms with Crippen LogP contribution < -0.4 is 19.3 Å². The Morgan fingerprint density at radius 3 is 1.11 bits per heavy atom. The zero-order chi connectivity index (χ0) is 26.4. The van der Waals surface area contributed by atoms with E-state index in [1.54, 1.807) is 34.1 Å². The van der Waals surface area contributed by atoms with Gasteiger partial charge in [-0.15, -0.1) is 0 Å². The number of benzene rings is 4. The lowest BCUT2D eigenvalue weighted by Crippen LogP contribution is -2.35. The third-order valence-corrected chi connectivity index (χ3v) is 5.99. The molecule has 4 aromatic rings. The molecule has 0 heterocycles. The van der Waals surface area contributed by atoms with Crippen molar-refractivity contribution in [1.82, 2.24) is 0 Å². The molecular weight excluding hydrogens is 476 g/mol. The first-order chi connectivity index (χ1) is 18.7. The fourth-order valence-electron chi connectivity index (χ4n) is 4.05. The van der Waals surface area contributed by atoms with Crippen molar-refractivity contribution in [3.63, 3.8) is 0 Å². The van der Waals surface area contributed by atoms with Crippen molar-refractivity contribution in [2.75, 3.05) is 22.9 Å². The Morgan fingerprint density at radius 2 is 0.763 bits per heavy atom. The summed E-state index contributed by atoms with van der Waals surface area (Å²) in [6, 6.07) is 37.3. The van der Waals surface area contributed by atoms with E-state index in [1.807, 2.05) is 97.1 Å². The first kappa shape index (κ1) is 26.5. The second kappa shape index (κ2) is 14.2. The third-order valence-electron chi connectivity index (χ3n) is 5.99. The summed E-state index contributed by atoms with van der Waals surface area (Å²) in [7, 11) is 0. The number of anilines is 2. The van der Waals surface area contributed by atoms with Gasteiger partial charge in [0.05, 0.1) is 0 Å². The van der Waals surface area contributed by atoms with E-state index in [4.69, 9.17) is 9.47 Å². The molecule has 0 bridgehead atoms. The minimum absolute atomic E-state index is 0.402. The molecule has 6 nitrogen and oxygen atoms in total. The maximum Gasteiger partial charge on any atom is 0.419 e. The molecule has 0 radical (unpaired) electrons. The summed E-state index contributed by atoms with van der Waals surface area (Å²) >= 11 is 0. The lowest BCUT2D eigenvalue weighted by atomic mass is 10.1. The number of rotatable bonds is 11. The van der Waals surface area contributed by atoms with Gasteiger partial charge < -0.3 is 9.47 Å². The zero-order valence-electron chi connectivity index (χ0n) is 21.3. The summed E-state index contributed by atoms with van der Waals surface area (Å²) in [6.07, 6.45) is 2.61. The lowest BCUT2D eigenvalue weighted by Gasteiger charge is -2.23. The smallest absolute Gasteiger partial charge is 0.410 e. The highest BCUT2D eigenvalue weighted by Crippen LogP contribution is 2.20. The molecule has 0 aliphatic rings. The topological polar surface area (TPSA) is 59.1 Å². The minimum Gasteiger partial charge on any atom is -0.410 e. The largest absolute Gasteiger partial charge is 0.419 e. The summed E-state index contributed by atoms with van der Waals surface area (Å²) < 4.78 is 11.2. The summed E-state index contributed by atoms with van der Waals surface area (Å²) in [6.45, 7) is 1.07. The molecule has 6 heteroatoms. The van der Waals surface area contributed by atoms with Crippen LogP contribution in [0.25, 0.3) is 0 Å². The molecule has 4 aromatic carbocycles. The summed E-state index contributed by atoms with van der Waals surface area (Å²) in [5.41, 5.74) is 1.60. The average Bonchev–Trinajstić information content (AvgIpc) is 2.96. The Balaban J connectivity index is 1.30. The molecule has 0 atom stereocenters. The maximum atomic E-state index is 12.9. The van der Waals surface area contributed by atoms with Crippen LogP contribution in [0.2, 0.25) is 0 Å². The van der Waals surface area contributed by atoms with Gasteiger partial charge in [-0.3, -0.25) is 9.80 Å². The predicted octanol–water partition coefficient (Wildman–Crippen LogP) is 7.96. The van der Waals surface area contributed by atoms with E-state index in [2.05, 4.69) is 0 Å². The van der Waals surface area contributed by atoms with Crippen molar-refractivity contribution in [2.45, 2.75) is 25.7 Å². The molecule has 0 unspecified atom stereocenters. The Bertz CT molecular complexity index is 1150. The Labute approximate surface area is 224 Å². The van der Waals surface area contributed by atoms with E-state index in [0.717, 1.165) is 37.1 Å². The van der Waals surface area contributed by atoms with Gasteiger partial charge >= 0.3 is 12.2 Å². The minimum atomic E-state index is -0.402. The number of hydrogen-bond acceptors (Lipinski definition) is 4. The van der Waals surface area contributed by atoms with Crippen LogP contribution >= 0.6 is 0 Å². The van der Waals surface area contributed by atoms with Crippen molar-refractivity contribution in [3.8, 4) is 11.5 Å². The number of carbonyl (C=O) groups excluding carboxylic acids is 2. The fraction of sp³-hybridized carbons (Fsp3) is 0.188. The van der Waals surface area contributed by atoms with Gasteiger partial charge in [-0.05, 0) is 61.4 Å². The first-order valence-corrected chi connectivity index (χ1v) is 12.9. The van der Waals surface area contributed by atoms with Crippen molar-refractivity contribution in [3.05, 3.63) is 121 Å². The zero-order valence-corrected chi connectivity index (χ0v) is 21.3. The molecule has 38 heavy (non-hydrogen) atoms. The van der Waals surface area contributed by atoms with Gasteiger partial charge in [0.2, 0.25) is 0 Å². The Morgan fingerprint density at radius 1 is 0.447 bits per heavy atom. The number of para-hydroxylation sites is 4. The number of hydrogen-bond donors (Lipinski definition) is 0. The van der Waals surface area contributed by atoms with Crippen molar-refractivity contribution >= 4 is 23.6 Å². The van der Waals surface area contributed by atoms with Crippen LogP contribution in [-0.4, -0.2) is 25.3 Å². The van der Waals surface area contributed by atoms with E-state index < -0.39 is 12.2 Å². The number of unbranched alkanes of at least 4 members (excludes halogenated alkanes) is 3. The second-order valence-corrected chi connectivity index (χ2v) is 8.75. The Kier molecular flexibility index (Phi) is 9.92. The van der Waals surface area contributed by atoms with Gasteiger partial charge in [0.15, 0.2) is 0 Å². The molecule has 194 valence electrons. The van der Waals surface area contributed by atoms with Crippen molar-refractivity contribution in [2.24, 2.45) is 0 Å². The van der Waals surface area contributed by atoms with E-state index >= 15 is 0 Å². The summed E-state index contributed by atoms with van der Waals surface area (Å²) in [4.78, 5) is 29.2. The molecule has 0 aliphatic carbocycles. The lowest BCUT2D eigenvalue weighted by molar-refractivity contribution is 0.206. The van der Waals surface area contributed by atoms with Gasteiger partial charge in [-0.2, -0.15) is 0 Å². The number of carbonyl (C=O) groups is 2. The van der Waals surface area contributed by atoms with E-state index in [9.17, 15) is 9.59 Å². The van der Waals surface area contributed by atoms with Crippen LogP contribution in [0.5, 0.6) is 11.5 Å². The van der Waals surface area contributed by atoms with E-state index in [-0.39, 0.29) is 0 Å². The molecule has 4 rings (SSSR count). The Hall–Kier alpha value is -4.58. The molecule has 0 aliphatic heterocycles. The third kappa shape index (κ3) is 7.96. The number of ether oxygens (including phenoxy) is 2. The van der Waals surface area contributed by atoms with Gasteiger partial charge in [0.25, 0.3) is 0 Å². The van der Waals surface area contributed by atoms with Crippen LogP contribution in [0.15, 0.2) is 121 Å². The average molecular weight is 509 g/mol. The van der Waals surface area contributed by atoms with Crippen LogP contribution in [0.3, 0.4) is 0 Å². The highest BCUT2D eigenvalue weighted by molar-refractivity contribution is 5.89. The van der Waals surface area contributed by atoms with E-state index in [0.29, 0.717) is 24.6 Å². The fourth-order valence-corrected chi connectivity index (χ4v) is 4.05. The van der Waals surface area contributed by atoms with Gasteiger partial charge in [0, 0.05) is 24.5 Å². The standard InChI is InChI=1S/C32H32N2O4/c35-31(37-29-21-11-5-12-22-29)33(27-17-7-3-8-18-27)25-15-1-2-16-26-34(28-19-9-4-10-20-28)32(36)38-30-23-13-6-14-24-30/h3-14,17-24H,1-2,15-16,25-26H2. The van der Waals surface area contributed by atoms with Crippen LogP contribution in [0.1, 0.15) is 25.7 Å². The van der Waals surface area contributed by atoms with Crippen molar-refractivity contribution < 1.29 is 19.1 Å². The van der Waals surface area contributed by atoms with Crippen molar-refractivity contribution in [1.29, 1.82) is 0 Å². The van der Waals surface area contributed by atoms with E-state index in [1.165, 1.54) is 0 Å². The monoisotopic (exact) mass is 508 g/mol. The number of nitrogens with zero attached hydrogens (tertiary/aromatic N) is 2. The van der Waals surface area contributed by atoms with Gasteiger partial charge in [0.1, 0.15) is 11.5 Å². The molecular formula is C32H32N2O4. The van der Waals surface area contributed by atoms with Gasteiger partial charge in [-0.1, -0.05) is 85.6 Å². The second-order valence-electron chi connectivity index (χ2n) is 8.75. The predicted molar refractivity (Wildman–Crippen MR) is 151 cm³/mol. The molecule has 0 fully saturated rings. The molecule has 0 spiro atoms. The normalized spacial score (nSPS) is 10.4. The van der Waals surface area contributed by atoms with Crippen LogP contribution in [0.4, 0.5) is 21.0 Å². The number of amides is 2. The molecule has 0 aromatic heterocycles. The first-order valence-electron chi connectivity index (χ1n) is 12.9. The summed E-state index contributed by atoms with van der Waals surface area (Å²) in [5, 5.41) is 0. The summed E-state index contributed by atoms with van der Waals surface area (Å²) in [5.74, 6) is 1.03. The van der Waals surface area contributed by atoms with Crippen LogP contribution in [0, 0.1) is 0 Å².